The normalized spacial score (nSPS) is 10.4. The molecule has 7 heteroatoms. The number of carbonyl (C=O) groups excluding carboxylic acids is 1. The number of nitrogen functional groups attached to an aromatic ring is 1. The summed E-state index contributed by atoms with van der Waals surface area (Å²) in [7, 11) is 0. The molecule has 0 unspecified atom stereocenters. The Kier molecular flexibility index (Phi) is 3.65. The van der Waals surface area contributed by atoms with Crippen LogP contribution < -0.4 is 16.8 Å². The lowest BCUT2D eigenvalue weighted by molar-refractivity contribution is 0.0997. The van der Waals surface area contributed by atoms with Gasteiger partial charge in [0.05, 0.1) is 24.0 Å². The fourth-order valence-corrected chi connectivity index (χ4v) is 1.73. The highest BCUT2D eigenvalue weighted by Gasteiger charge is 2.13. The van der Waals surface area contributed by atoms with Crippen molar-refractivity contribution >= 4 is 17.3 Å². The summed E-state index contributed by atoms with van der Waals surface area (Å²) in [5, 5.41) is 6.96. The number of primary amides is 1. The molecule has 100 valence electrons. The van der Waals surface area contributed by atoms with Crippen LogP contribution in [0.4, 0.5) is 15.8 Å². The first kappa shape index (κ1) is 12.9. The summed E-state index contributed by atoms with van der Waals surface area (Å²) in [4.78, 5) is 11.2. The summed E-state index contributed by atoms with van der Waals surface area (Å²) in [6.45, 7) is 0.997. The molecular weight excluding hydrogens is 249 g/mol. The molecule has 1 aromatic heterocycles. The summed E-state index contributed by atoms with van der Waals surface area (Å²) < 4.78 is 15.1. The molecular formula is C12H14FN5O. The molecule has 0 radical (unpaired) electrons. The number of nitrogens with one attached hydrogen (secondary N) is 1. The largest absolute Gasteiger partial charge is 0.396 e. The first-order valence-corrected chi connectivity index (χ1v) is 5.68. The summed E-state index contributed by atoms with van der Waals surface area (Å²) in [6.07, 6.45) is 3.22. The van der Waals surface area contributed by atoms with Gasteiger partial charge in [-0.1, -0.05) is 6.07 Å². The zero-order chi connectivity index (χ0) is 13.8. The monoisotopic (exact) mass is 263 g/mol. The van der Waals surface area contributed by atoms with Crippen LogP contribution in [0.1, 0.15) is 10.4 Å². The molecule has 0 bridgehead atoms. The Hall–Kier alpha value is -2.57. The second kappa shape index (κ2) is 5.38. The summed E-state index contributed by atoms with van der Waals surface area (Å²) >= 11 is 0. The topological polar surface area (TPSA) is 99.0 Å². The number of aromatic nitrogens is 2. The van der Waals surface area contributed by atoms with E-state index in [9.17, 15) is 9.18 Å². The van der Waals surface area contributed by atoms with Crippen molar-refractivity contribution in [2.45, 2.75) is 6.54 Å². The van der Waals surface area contributed by atoms with Crippen molar-refractivity contribution < 1.29 is 9.18 Å². The maximum atomic E-state index is 13.5. The third-order valence-electron chi connectivity index (χ3n) is 2.57. The molecule has 2 rings (SSSR count). The Morgan fingerprint density at radius 3 is 2.89 bits per heavy atom. The van der Waals surface area contributed by atoms with Gasteiger partial charge in [-0.25, -0.2) is 4.39 Å². The van der Waals surface area contributed by atoms with E-state index >= 15 is 0 Å². The molecule has 6 nitrogen and oxygen atoms in total. The number of anilines is 2. The predicted octanol–water partition coefficient (Wildman–Crippen LogP) is 0.815. The zero-order valence-corrected chi connectivity index (χ0v) is 10.1. The predicted molar refractivity (Wildman–Crippen MR) is 70.0 cm³/mol. The summed E-state index contributed by atoms with van der Waals surface area (Å²) in [5.74, 6) is -1.44. The van der Waals surface area contributed by atoms with Crippen molar-refractivity contribution in [2.75, 3.05) is 17.6 Å². The first-order chi connectivity index (χ1) is 9.08. The van der Waals surface area contributed by atoms with Gasteiger partial charge in [0.2, 0.25) is 0 Å². The van der Waals surface area contributed by atoms with Gasteiger partial charge in [0.15, 0.2) is 0 Å². The van der Waals surface area contributed by atoms with Gasteiger partial charge in [0, 0.05) is 18.4 Å². The van der Waals surface area contributed by atoms with Crippen molar-refractivity contribution in [2.24, 2.45) is 5.73 Å². The number of rotatable bonds is 5. The van der Waals surface area contributed by atoms with Crippen molar-refractivity contribution in [3.8, 4) is 0 Å². The molecule has 19 heavy (non-hydrogen) atoms. The van der Waals surface area contributed by atoms with Crippen LogP contribution in [0.15, 0.2) is 30.6 Å². The summed E-state index contributed by atoms with van der Waals surface area (Å²) in [6, 6.07) is 4.30. The second-order valence-electron chi connectivity index (χ2n) is 3.99. The molecule has 1 aromatic carbocycles. The lowest BCUT2D eigenvalue weighted by atomic mass is 10.1. The van der Waals surface area contributed by atoms with Crippen LogP contribution in [0, 0.1) is 5.82 Å². The quantitative estimate of drug-likeness (QED) is 0.743. The molecule has 0 spiro atoms. The number of halogens is 1. The van der Waals surface area contributed by atoms with E-state index in [-0.39, 0.29) is 5.56 Å². The van der Waals surface area contributed by atoms with Crippen LogP contribution in [0.2, 0.25) is 0 Å². The molecule has 0 saturated heterocycles. The maximum absolute atomic E-state index is 13.5. The number of nitrogens with two attached hydrogens (primary N) is 2. The number of amides is 1. The van der Waals surface area contributed by atoms with Gasteiger partial charge in [-0.2, -0.15) is 5.10 Å². The average molecular weight is 263 g/mol. The van der Waals surface area contributed by atoms with Crippen molar-refractivity contribution in [3.63, 3.8) is 0 Å². The molecule has 0 aliphatic heterocycles. The zero-order valence-electron chi connectivity index (χ0n) is 10.1. The maximum Gasteiger partial charge on any atom is 0.253 e. The average Bonchev–Trinajstić information content (AvgIpc) is 2.74. The third-order valence-corrected chi connectivity index (χ3v) is 2.57. The third kappa shape index (κ3) is 3.01. The second-order valence-corrected chi connectivity index (χ2v) is 3.99. The number of nitrogens with zero attached hydrogens (tertiary/aromatic N) is 2. The van der Waals surface area contributed by atoms with E-state index in [1.165, 1.54) is 18.3 Å². The van der Waals surface area contributed by atoms with Gasteiger partial charge in [0.1, 0.15) is 5.82 Å². The van der Waals surface area contributed by atoms with E-state index in [2.05, 4.69) is 10.4 Å². The molecule has 0 saturated carbocycles. The van der Waals surface area contributed by atoms with E-state index in [0.717, 1.165) is 0 Å². The van der Waals surface area contributed by atoms with E-state index in [1.54, 1.807) is 16.9 Å². The number of benzene rings is 1. The minimum Gasteiger partial charge on any atom is -0.396 e. The van der Waals surface area contributed by atoms with Crippen LogP contribution in [-0.2, 0) is 6.54 Å². The highest BCUT2D eigenvalue weighted by molar-refractivity contribution is 5.98. The van der Waals surface area contributed by atoms with E-state index in [0.29, 0.717) is 24.5 Å². The minimum atomic E-state index is -0.802. The van der Waals surface area contributed by atoms with Crippen LogP contribution in [0.5, 0.6) is 0 Å². The Bertz CT molecular complexity index is 596. The fourth-order valence-electron chi connectivity index (χ4n) is 1.73. The van der Waals surface area contributed by atoms with Crippen LogP contribution in [-0.4, -0.2) is 22.2 Å². The Balaban J connectivity index is 2.03. The van der Waals surface area contributed by atoms with Gasteiger partial charge >= 0.3 is 0 Å². The number of hydrogen-bond donors (Lipinski definition) is 3. The molecule has 0 aliphatic carbocycles. The molecule has 0 aliphatic rings. The molecule has 0 atom stereocenters. The Morgan fingerprint density at radius 1 is 1.47 bits per heavy atom. The van der Waals surface area contributed by atoms with Gasteiger partial charge in [-0.15, -0.1) is 0 Å². The SMILES string of the molecule is NC(=O)c1c(F)cccc1NCCn1cc(N)cn1. The summed E-state index contributed by atoms with van der Waals surface area (Å²) in [5.41, 5.74) is 11.5. The van der Waals surface area contributed by atoms with E-state index < -0.39 is 11.7 Å². The van der Waals surface area contributed by atoms with Crippen molar-refractivity contribution in [1.29, 1.82) is 0 Å². The highest BCUT2D eigenvalue weighted by Crippen LogP contribution is 2.18. The lowest BCUT2D eigenvalue weighted by Gasteiger charge is -2.10. The van der Waals surface area contributed by atoms with Crippen LogP contribution in [0.3, 0.4) is 0 Å². The van der Waals surface area contributed by atoms with Crippen LogP contribution in [0.25, 0.3) is 0 Å². The smallest absolute Gasteiger partial charge is 0.253 e. The molecule has 0 fully saturated rings. The number of carbonyl (C=O) groups is 1. The molecule has 1 heterocycles. The van der Waals surface area contributed by atoms with Gasteiger partial charge < -0.3 is 16.8 Å². The van der Waals surface area contributed by atoms with Crippen molar-refractivity contribution in [1.82, 2.24) is 9.78 Å². The standard InChI is InChI=1S/C12H14FN5O/c13-9-2-1-3-10(11(9)12(15)19)16-4-5-18-7-8(14)6-17-18/h1-3,6-7,16H,4-5,14H2,(H2,15,19). The molecule has 1 amide bonds. The fraction of sp³-hybridized carbons (Fsp3) is 0.167. The Labute approximate surface area is 109 Å². The van der Waals surface area contributed by atoms with E-state index in [1.807, 2.05) is 0 Å². The lowest BCUT2D eigenvalue weighted by Crippen LogP contribution is -2.18. The van der Waals surface area contributed by atoms with Gasteiger partial charge in [-0.3, -0.25) is 9.48 Å². The highest BCUT2D eigenvalue weighted by atomic mass is 19.1. The Morgan fingerprint density at radius 2 is 2.26 bits per heavy atom. The molecule has 2 aromatic rings. The van der Waals surface area contributed by atoms with Crippen LogP contribution >= 0.6 is 0 Å². The first-order valence-electron chi connectivity index (χ1n) is 5.68. The van der Waals surface area contributed by atoms with Gasteiger partial charge in [0.25, 0.3) is 5.91 Å². The minimum absolute atomic E-state index is 0.137. The van der Waals surface area contributed by atoms with Gasteiger partial charge in [-0.05, 0) is 12.1 Å². The molecule has 5 N–H and O–H groups in total. The number of hydrogen-bond acceptors (Lipinski definition) is 4. The van der Waals surface area contributed by atoms with Crippen molar-refractivity contribution in [3.05, 3.63) is 42.0 Å². The van der Waals surface area contributed by atoms with E-state index in [4.69, 9.17) is 11.5 Å².